The lowest BCUT2D eigenvalue weighted by Gasteiger charge is -2.37. The average molecular weight is 366 g/mol. The molecule has 0 unspecified atom stereocenters. The molecule has 0 amide bonds. The van der Waals surface area contributed by atoms with Gasteiger partial charge in [0, 0.05) is 76.8 Å². The number of nitrogens with zero attached hydrogens (tertiary/aromatic N) is 4. The van der Waals surface area contributed by atoms with Crippen LogP contribution in [0.15, 0.2) is 12.4 Å². The molecule has 26 heavy (non-hydrogen) atoms. The number of hydrogen-bond acceptors (Lipinski definition) is 4. The number of halogens is 2. The molecular weight excluding hydrogens is 338 g/mol. The van der Waals surface area contributed by atoms with Crippen LogP contribution in [-0.4, -0.2) is 69.7 Å². The standard InChI is InChI=1S/C19H28F2N4O/c1-23-9-6-22-17(23)12-25-11-15-14(16-2-3-18(15,13-25)26-16)10-24-7-4-19(20,21)5-8-24/h6,9,14-16H,2-5,7-8,10-13H2,1H3/t14-,15+,16+,18+/m0/s1. The van der Waals surface area contributed by atoms with Crippen molar-refractivity contribution in [2.45, 2.75) is 49.9 Å². The van der Waals surface area contributed by atoms with E-state index in [9.17, 15) is 8.78 Å². The van der Waals surface area contributed by atoms with Crippen LogP contribution in [0.1, 0.15) is 31.5 Å². The van der Waals surface area contributed by atoms with E-state index in [0.717, 1.165) is 44.8 Å². The first-order valence-electron chi connectivity index (χ1n) is 9.91. The molecule has 7 heteroatoms. The van der Waals surface area contributed by atoms with Gasteiger partial charge in [0.2, 0.25) is 0 Å². The first kappa shape index (κ1) is 17.1. The smallest absolute Gasteiger partial charge is 0.250 e. The van der Waals surface area contributed by atoms with Crippen molar-refractivity contribution in [3.8, 4) is 0 Å². The monoisotopic (exact) mass is 366 g/mol. The molecule has 0 aromatic carbocycles. The molecule has 4 atom stereocenters. The number of hydrogen-bond donors (Lipinski definition) is 0. The van der Waals surface area contributed by atoms with Crippen LogP contribution in [0.25, 0.3) is 0 Å². The van der Waals surface area contributed by atoms with Crippen molar-refractivity contribution in [3.05, 3.63) is 18.2 Å². The number of ether oxygens (including phenoxy) is 1. The highest BCUT2D eigenvalue weighted by Crippen LogP contribution is 2.55. The highest BCUT2D eigenvalue weighted by molar-refractivity contribution is 5.13. The first-order valence-corrected chi connectivity index (χ1v) is 9.91. The Balaban J connectivity index is 1.26. The van der Waals surface area contributed by atoms with Crippen molar-refractivity contribution in [2.24, 2.45) is 18.9 Å². The lowest BCUT2D eigenvalue weighted by molar-refractivity contribution is -0.0598. The van der Waals surface area contributed by atoms with Crippen LogP contribution in [0.5, 0.6) is 0 Å². The summed E-state index contributed by atoms with van der Waals surface area (Å²) in [6, 6.07) is 0. The number of imidazole rings is 1. The maximum atomic E-state index is 13.5. The second-order valence-corrected chi connectivity index (χ2v) is 8.81. The number of likely N-dealkylation sites (tertiary alicyclic amines) is 2. The zero-order valence-corrected chi connectivity index (χ0v) is 15.4. The Morgan fingerprint density at radius 1 is 1.23 bits per heavy atom. The molecule has 144 valence electrons. The van der Waals surface area contributed by atoms with Gasteiger partial charge in [-0.05, 0) is 12.8 Å². The van der Waals surface area contributed by atoms with Crippen molar-refractivity contribution in [3.63, 3.8) is 0 Å². The molecule has 4 fully saturated rings. The number of rotatable bonds is 4. The van der Waals surface area contributed by atoms with Gasteiger partial charge in [0.1, 0.15) is 5.82 Å². The Labute approximate surface area is 153 Å². The van der Waals surface area contributed by atoms with Gasteiger partial charge in [-0.15, -0.1) is 0 Å². The Hall–Kier alpha value is -1.05. The van der Waals surface area contributed by atoms with Crippen LogP contribution < -0.4 is 0 Å². The van der Waals surface area contributed by atoms with Gasteiger partial charge < -0.3 is 14.2 Å². The van der Waals surface area contributed by atoms with Crippen LogP contribution in [0.3, 0.4) is 0 Å². The minimum absolute atomic E-state index is 0.000220. The van der Waals surface area contributed by atoms with Crippen LogP contribution >= 0.6 is 0 Å². The second kappa shape index (κ2) is 5.97. The topological polar surface area (TPSA) is 33.5 Å². The van der Waals surface area contributed by atoms with Crippen LogP contribution in [-0.2, 0) is 18.3 Å². The summed E-state index contributed by atoms with van der Waals surface area (Å²) >= 11 is 0. The first-order chi connectivity index (χ1) is 12.4. The second-order valence-electron chi connectivity index (χ2n) is 8.81. The van der Waals surface area contributed by atoms with Crippen LogP contribution in [0.2, 0.25) is 0 Å². The highest BCUT2D eigenvalue weighted by Gasteiger charge is 2.63. The number of fused-ring (bicyclic) bond motifs is 1. The normalized spacial score (nSPS) is 39.6. The number of aryl methyl sites for hydroxylation is 1. The van der Waals surface area contributed by atoms with Gasteiger partial charge in [0.25, 0.3) is 5.92 Å². The van der Waals surface area contributed by atoms with E-state index in [1.807, 2.05) is 19.4 Å². The molecule has 0 N–H and O–H groups in total. The summed E-state index contributed by atoms with van der Waals surface area (Å²) in [6.45, 7) is 4.84. The molecule has 5 heterocycles. The third-order valence-corrected chi connectivity index (χ3v) is 7.20. The highest BCUT2D eigenvalue weighted by atomic mass is 19.3. The summed E-state index contributed by atoms with van der Waals surface area (Å²) in [4.78, 5) is 9.19. The largest absolute Gasteiger partial charge is 0.370 e. The molecule has 4 aliphatic rings. The predicted octanol–water partition coefficient (Wildman–Crippen LogP) is 2.13. The fourth-order valence-corrected chi connectivity index (χ4v) is 5.76. The molecule has 2 bridgehead atoms. The van der Waals surface area contributed by atoms with E-state index in [-0.39, 0.29) is 18.4 Å². The van der Waals surface area contributed by atoms with Crippen molar-refractivity contribution in [2.75, 3.05) is 32.7 Å². The molecule has 5 nitrogen and oxygen atoms in total. The fourth-order valence-electron chi connectivity index (χ4n) is 5.76. The molecule has 0 saturated carbocycles. The van der Waals surface area contributed by atoms with Crippen LogP contribution in [0, 0.1) is 11.8 Å². The fraction of sp³-hybridized carbons (Fsp3) is 0.842. The Morgan fingerprint density at radius 3 is 2.77 bits per heavy atom. The number of alkyl halides is 2. The van der Waals surface area contributed by atoms with Gasteiger partial charge in [0.05, 0.1) is 18.2 Å². The number of aromatic nitrogens is 2. The van der Waals surface area contributed by atoms with E-state index < -0.39 is 5.92 Å². The van der Waals surface area contributed by atoms with Gasteiger partial charge in [-0.1, -0.05) is 0 Å². The molecule has 1 spiro atoms. The molecule has 4 saturated heterocycles. The van der Waals surface area contributed by atoms with Gasteiger partial charge in [-0.3, -0.25) is 4.90 Å². The Morgan fingerprint density at radius 2 is 2.04 bits per heavy atom. The van der Waals surface area contributed by atoms with E-state index in [2.05, 4.69) is 19.4 Å². The Kier molecular flexibility index (Phi) is 3.92. The summed E-state index contributed by atoms with van der Waals surface area (Å²) in [5.41, 5.74) is 0.000220. The summed E-state index contributed by atoms with van der Waals surface area (Å²) in [5, 5.41) is 0. The van der Waals surface area contributed by atoms with E-state index in [0.29, 0.717) is 31.0 Å². The average Bonchev–Trinajstić information content (AvgIpc) is 3.32. The van der Waals surface area contributed by atoms with E-state index in [4.69, 9.17) is 4.74 Å². The van der Waals surface area contributed by atoms with E-state index in [1.165, 1.54) is 0 Å². The minimum Gasteiger partial charge on any atom is -0.370 e. The summed E-state index contributed by atoms with van der Waals surface area (Å²) < 4.78 is 35.5. The van der Waals surface area contributed by atoms with Crippen molar-refractivity contribution >= 4 is 0 Å². The molecule has 1 aromatic rings. The number of piperidine rings is 1. The lowest BCUT2D eigenvalue weighted by atomic mass is 9.73. The maximum absolute atomic E-state index is 13.5. The third-order valence-electron chi connectivity index (χ3n) is 7.20. The SMILES string of the molecule is Cn1ccnc1CN1C[C@@H]2[C@H](CN3CCC(F)(F)CC3)[C@H]3CC[C@]2(C1)O3. The van der Waals surface area contributed by atoms with Crippen molar-refractivity contribution in [1.29, 1.82) is 0 Å². The molecule has 0 radical (unpaired) electrons. The molecular formula is C19H28F2N4O. The minimum atomic E-state index is -2.46. The van der Waals surface area contributed by atoms with Crippen molar-refractivity contribution < 1.29 is 13.5 Å². The zero-order chi connectivity index (χ0) is 17.9. The summed E-state index contributed by atoms with van der Waals surface area (Å²) in [6.07, 6.45) is 6.45. The van der Waals surface area contributed by atoms with Gasteiger partial charge in [-0.25, -0.2) is 13.8 Å². The van der Waals surface area contributed by atoms with E-state index in [1.54, 1.807) is 0 Å². The third kappa shape index (κ3) is 2.79. The molecule has 1 aromatic heterocycles. The van der Waals surface area contributed by atoms with Crippen molar-refractivity contribution in [1.82, 2.24) is 19.4 Å². The van der Waals surface area contributed by atoms with Gasteiger partial charge in [-0.2, -0.15) is 0 Å². The predicted molar refractivity (Wildman–Crippen MR) is 92.9 cm³/mol. The zero-order valence-electron chi connectivity index (χ0n) is 15.4. The maximum Gasteiger partial charge on any atom is 0.250 e. The van der Waals surface area contributed by atoms with Crippen LogP contribution in [0.4, 0.5) is 8.78 Å². The quantitative estimate of drug-likeness (QED) is 0.818. The lowest BCUT2D eigenvalue weighted by Crippen LogP contribution is -2.46. The molecule has 5 rings (SSSR count). The Bertz CT molecular complexity index is 670. The summed E-state index contributed by atoms with van der Waals surface area (Å²) in [5.74, 6) is -0.355. The molecule has 0 aliphatic carbocycles. The van der Waals surface area contributed by atoms with Gasteiger partial charge >= 0.3 is 0 Å². The summed E-state index contributed by atoms with van der Waals surface area (Å²) in [7, 11) is 2.04. The molecule has 4 aliphatic heterocycles. The van der Waals surface area contributed by atoms with E-state index >= 15 is 0 Å². The van der Waals surface area contributed by atoms with Gasteiger partial charge in [0.15, 0.2) is 0 Å².